The van der Waals surface area contributed by atoms with Gasteiger partial charge in [0.25, 0.3) is 0 Å². The van der Waals surface area contributed by atoms with E-state index in [9.17, 15) is 4.79 Å². The Bertz CT molecular complexity index is 799. The average Bonchev–Trinajstić information content (AvgIpc) is 2.65. The number of ether oxygens (including phenoxy) is 1. The lowest BCUT2D eigenvalue weighted by molar-refractivity contribution is -0.139. The van der Waals surface area contributed by atoms with Crippen LogP contribution in [0, 0.1) is 6.92 Å². The molecule has 0 spiro atoms. The Morgan fingerprint density at radius 3 is 2.96 bits per heavy atom. The number of carbonyl (C=O) groups is 1. The number of aromatic nitrogens is 2. The van der Waals surface area contributed by atoms with Crippen LogP contribution in [0.5, 0.6) is 5.75 Å². The molecule has 0 radical (unpaired) electrons. The zero-order valence-corrected chi connectivity index (χ0v) is 15.3. The van der Waals surface area contributed by atoms with Crippen molar-refractivity contribution >= 4 is 23.4 Å². The maximum atomic E-state index is 10.6. The van der Waals surface area contributed by atoms with Crippen LogP contribution in [0.3, 0.4) is 0 Å². The van der Waals surface area contributed by atoms with E-state index in [0.29, 0.717) is 17.5 Å². The Morgan fingerprint density at radius 1 is 1.37 bits per heavy atom. The van der Waals surface area contributed by atoms with Crippen molar-refractivity contribution in [2.24, 2.45) is 5.73 Å². The summed E-state index contributed by atoms with van der Waals surface area (Å²) in [6, 6.07) is 7.38. The third-order valence-electron chi connectivity index (χ3n) is 4.56. The molecule has 1 aliphatic carbocycles. The normalized spacial score (nSPS) is 19.3. The number of nitrogens with one attached hydrogen (secondary N) is 2. The summed E-state index contributed by atoms with van der Waals surface area (Å²) in [7, 11) is 0. The number of nitrogens with two attached hydrogens (primary N) is 1. The van der Waals surface area contributed by atoms with E-state index in [2.05, 4.69) is 20.6 Å². The van der Waals surface area contributed by atoms with Crippen LogP contribution in [0.4, 0.5) is 17.5 Å². The molecule has 1 saturated carbocycles. The molecule has 1 fully saturated rings. The molecule has 2 aromatic rings. The molecule has 1 aromatic heterocycles. The number of carboxylic acid groups (broad SMARTS) is 1. The van der Waals surface area contributed by atoms with Gasteiger partial charge in [0.05, 0.1) is 0 Å². The van der Waals surface area contributed by atoms with E-state index in [1.54, 1.807) is 24.4 Å². The van der Waals surface area contributed by atoms with Crippen molar-refractivity contribution in [3.63, 3.8) is 0 Å². The van der Waals surface area contributed by atoms with Crippen molar-refractivity contribution in [3.05, 3.63) is 36.0 Å². The molecule has 1 aromatic carbocycles. The predicted molar refractivity (Wildman–Crippen MR) is 103 cm³/mol. The van der Waals surface area contributed by atoms with Crippen molar-refractivity contribution in [2.45, 2.75) is 44.7 Å². The first-order valence-electron chi connectivity index (χ1n) is 9.08. The summed E-state index contributed by atoms with van der Waals surface area (Å²) < 4.78 is 5.21. The molecule has 0 amide bonds. The van der Waals surface area contributed by atoms with Crippen molar-refractivity contribution in [1.29, 1.82) is 0 Å². The van der Waals surface area contributed by atoms with Crippen LogP contribution in [0.25, 0.3) is 0 Å². The monoisotopic (exact) mass is 371 g/mol. The van der Waals surface area contributed by atoms with Gasteiger partial charge in [-0.25, -0.2) is 9.78 Å². The first kappa shape index (κ1) is 18.9. The summed E-state index contributed by atoms with van der Waals surface area (Å²) in [6.07, 6.45) is 6.12. The largest absolute Gasteiger partial charge is 0.482 e. The van der Waals surface area contributed by atoms with E-state index in [1.807, 2.05) is 13.0 Å². The number of benzene rings is 1. The van der Waals surface area contributed by atoms with Crippen molar-refractivity contribution in [1.82, 2.24) is 9.97 Å². The van der Waals surface area contributed by atoms with Crippen molar-refractivity contribution in [2.75, 3.05) is 17.2 Å². The second-order valence-corrected chi connectivity index (χ2v) is 6.76. The maximum absolute atomic E-state index is 10.6. The average molecular weight is 371 g/mol. The summed E-state index contributed by atoms with van der Waals surface area (Å²) in [5.74, 6) is 0.674. The van der Waals surface area contributed by atoms with E-state index >= 15 is 0 Å². The minimum atomic E-state index is -1.02. The summed E-state index contributed by atoms with van der Waals surface area (Å²) in [6.45, 7) is 1.54. The van der Waals surface area contributed by atoms with Gasteiger partial charge < -0.3 is 26.2 Å². The van der Waals surface area contributed by atoms with Crippen LogP contribution < -0.4 is 21.1 Å². The molecular formula is C19H25N5O3. The summed E-state index contributed by atoms with van der Waals surface area (Å²) in [4.78, 5) is 19.6. The molecule has 3 rings (SSSR count). The molecule has 1 aliphatic rings. The van der Waals surface area contributed by atoms with E-state index in [-0.39, 0.29) is 18.7 Å². The molecule has 0 bridgehead atoms. The lowest BCUT2D eigenvalue weighted by Gasteiger charge is -2.29. The number of nitrogens with zero attached hydrogens (tertiary/aromatic N) is 2. The Hall–Kier alpha value is -2.87. The Labute approximate surface area is 158 Å². The zero-order chi connectivity index (χ0) is 19.2. The second kappa shape index (κ2) is 8.68. The first-order chi connectivity index (χ1) is 13.0. The topological polar surface area (TPSA) is 122 Å². The Balaban J connectivity index is 1.71. The standard InChI is InChI=1S/C19H25N5O3/c1-12-10-21-19(23-16-8-3-2-7-15(16)20)24-18(12)22-13-5-4-6-14(9-13)27-11-17(25)26/h4-6,9-10,15-16H,2-3,7-8,11,20H2,1H3,(H,25,26)(H2,21,22,23,24)/t15-,16+/m0/s1. The van der Waals surface area contributed by atoms with Gasteiger partial charge in [-0.05, 0) is 31.9 Å². The molecule has 1 heterocycles. The number of hydrogen-bond donors (Lipinski definition) is 4. The first-order valence-corrected chi connectivity index (χ1v) is 9.08. The highest BCUT2D eigenvalue weighted by molar-refractivity contribution is 5.68. The van der Waals surface area contributed by atoms with Crippen LogP contribution >= 0.6 is 0 Å². The molecule has 2 atom stereocenters. The molecule has 0 unspecified atom stereocenters. The predicted octanol–water partition coefficient (Wildman–Crippen LogP) is 2.67. The highest BCUT2D eigenvalue weighted by Gasteiger charge is 2.22. The Morgan fingerprint density at radius 2 is 2.19 bits per heavy atom. The number of aryl methyl sites for hydroxylation is 1. The van der Waals surface area contributed by atoms with Crippen LogP contribution in [0.15, 0.2) is 30.5 Å². The van der Waals surface area contributed by atoms with Crippen LogP contribution in [-0.2, 0) is 4.79 Å². The molecule has 0 aliphatic heterocycles. The van der Waals surface area contributed by atoms with Gasteiger partial charge >= 0.3 is 5.97 Å². The van der Waals surface area contributed by atoms with Gasteiger partial charge in [0.1, 0.15) is 11.6 Å². The molecule has 27 heavy (non-hydrogen) atoms. The number of hydrogen-bond acceptors (Lipinski definition) is 7. The van der Waals surface area contributed by atoms with E-state index in [0.717, 1.165) is 30.5 Å². The fourth-order valence-corrected chi connectivity index (χ4v) is 3.09. The molecule has 0 saturated heterocycles. The zero-order valence-electron chi connectivity index (χ0n) is 15.3. The van der Waals surface area contributed by atoms with Crippen LogP contribution in [-0.4, -0.2) is 39.7 Å². The molecule has 8 heteroatoms. The number of rotatable bonds is 7. The summed E-state index contributed by atoms with van der Waals surface area (Å²) in [5, 5.41) is 15.3. The van der Waals surface area contributed by atoms with Crippen molar-refractivity contribution in [3.8, 4) is 5.75 Å². The lowest BCUT2D eigenvalue weighted by Crippen LogP contribution is -2.43. The summed E-state index contributed by atoms with van der Waals surface area (Å²) >= 11 is 0. The fourth-order valence-electron chi connectivity index (χ4n) is 3.09. The van der Waals surface area contributed by atoms with Gasteiger partial charge in [0.15, 0.2) is 6.61 Å². The number of aliphatic carboxylic acids is 1. The SMILES string of the molecule is Cc1cnc(N[C@@H]2CCCC[C@@H]2N)nc1Nc1cccc(OCC(=O)O)c1. The van der Waals surface area contributed by atoms with Crippen molar-refractivity contribution < 1.29 is 14.6 Å². The van der Waals surface area contributed by atoms with Crippen LogP contribution in [0.2, 0.25) is 0 Å². The third kappa shape index (κ3) is 5.30. The van der Waals surface area contributed by atoms with Gasteiger partial charge in [-0.1, -0.05) is 18.9 Å². The number of carboxylic acids is 1. The third-order valence-corrected chi connectivity index (χ3v) is 4.56. The van der Waals surface area contributed by atoms with E-state index in [1.165, 1.54) is 6.42 Å². The molecule has 144 valence electrons. The smallest absolute Gasteiger partial charge is 0.341 e. The summed E-state index contributed by atoms with van der Waals surface area (Å²) in [5.41, 5.74) is 7.84. The molecule has 8 nitrogen and oxygen atoms in total. The van der Waals surface area contributed by atoms with Gasteiger partial charge in [0, 0.05) is 35.6 Å². The Kier molecular flexibility index (Phi) is 6.08. The van der Waals surface area contributed by atoms with Crippen LogP contribution in [0.1, 0.15) is 31.2 Å². The minimum absolute atomic E-state index is 0.114. The minimum Gasteiger partial charge on any atom is -0.482 e. The van der Waals surface area contributed by atoms with Gasteiger partial charge in [-0.3, -0.25) is 0 Å². The second-order valence-electron chi connectivity index (χ2n) is 6.76. The molecule has 5 N–H and O–H groups in total. The fraction of sp³-hybridized carbons (Fsp3) is 0.421. The van der Waals surface area contributed by atoms with E-state index in [4.69, 9.17) is 15.6 Å². The maximum Gasteiger partial charge on any atom is 0.341 e. The van der Waals surface area contributed by atoms with Gasteiger partial charge in [-0.2, -0.15) is 4.98 Å². The molecular weight excluding hydrogens is 346 g/mol. The van der Waals surface area contributed by atoms with Gasteiger partial charge in [0.2, 0.25) is 5.95 Å². The van der Waals surface area contributed by atoms with E-state index < -0.39 is 5.97 Å². The lowest BCUT2D eigenvalue weighted by atomic mass is 9.91. The van der Waals surface area contributed by atoms with Gasteiger partial charge in [-0.15, -0.1) is 0 Å². The quantitative estimate of drug-likeness (QED) is 0.586. The highest BCUT2D eigenvalue weighted by atomic mass is 16.5. The highest BCUT2D eigenvalue weighted by Crippen LogP contribution is 2.24. The number of anilines is 3.